The lowest BCUT2D eigenvalue weighted by Gasteiger charge is -2.16. The number of fused-ring (bicyclic) bond motifs is 1. The van der Waals surface area contributed by atoms with Crippen LogP contribution in [0.15, 0.2) is 30.5 Å². The molecular formula is C18H17ClN2O5. The average Bonchev–Trinajstić information content (AvgIpc) is 3.08. The van der Waals surface area contributed by atoms with Crippen LogP contribution in [0.1, 0.15) is 34.5 Å². The highest BCUT2D eigenvalue weighted by molar-refractivity contribution is 6.32. The molecule has 2 heterocycles. The zero-order valence-corrected chi connectivity index (χ0v) is 14.7. The number of aliphatic carboxylic acids is 1. The van der Waals surface area contributed by atoms with E-state index >= 15 is 0 Å². The summed E-state index contributed by atoms with van der Waals surface area (Å²) in [5, 5.41) is 12.2. The number of halogens is 1. The van der Waals surface area contributed by atoms with Gasteiger partial charge in [0, 0.05) is 12.6 Å². The molecule has 1 unspecified atom stereocenters. The first-order valence-corrected chi connectivity index (χ1v) is 8.45. The van der Waals surface area contributed by atoms with Gasteiger partial charge in [-0.05, 0) is 36.2 Å². The molecule has 0 aliphatic carbocycles. The van der Waals surface area contributed by atoms with E-state index in [0.29, 0.717) is 25.2 Å². The van der Waals surface area contributed by atoms with Gasteiger partial charge in [0.1, 0.15) is 10.8 Å². The molecule has 136 valence electrons. The van der Waals surface area contributed by atoms with Crippen LogP contribution in [-0.2, 0) is 11.2 Å². The van der Waals surface area contributed by atoms with E-state index in [4.69, 9.17) is 21.1 Å². The Hall–Kier alpha value is -2.80. The van der Waals surface area contributed by atoms with Crippen LogP contribution in [0.4, 0.5) is 0 Å². The van der Waals surface area contributed by atoms with Crippen LogP contribution in [0.5, 0.6) is 11.6 Å². The standard InChI is InChI=1S/C18H17ClN2O5/c1-2-25-17-13(19)8-12(9-20-17)16(22)21-15(18(23)24)11-3-4-14-10(7-11)5-6-26-14/h3-4,7-9,15H,2,5-6H2,1H3,(H,21,22)(H,23,24). The number of nitrogens with one attached hydrogen (secondary N) is 1. The highest BCUT2D eigenvalue weighted by Crippen LogP contribution is 2.29. The van der Waals surface area contributed by atoms with Crippen molar-refractivity contribution >= 4 is 23.5 Å². The maximum Gasteiger partial charge on any atom is 0.330 e. The van der Waals surface area contributed by atoms with E-state index in [1.54, 1.807) is 25.1 Å². The summed E-state index contributed by atoms with van der Waals surface area (Å²) < 4.78 is 10.6. The number of ether oxygens (including phenoxy) is 2. The summed E-state index contributed by atoms with van der Waals surface area (Å²) in [5.74, 6) is -0.792. The monoisotopic (exact) mass is 376 g/mol. The van der Waals surface area contributed by atoms with Crippen molar-refractivity contribution in [1.29, 1.82) is 0 Å². The molecule has 1 aliphatic heterocycles. The second kappa shape index (κ2) is 7.61. The molecule has 0 radical (unpaired) electrons. The number of amides is 1. The first-order chi connectivity index (χ1) is 12.5. The molecule has 1 atom stereocenters. The van der Waals surface area contributed by atoms with Gasteiger partial charge in [0.25, 0.3) is 5.91 Å². The van der Waals surface area contributed by atoms with Crippen LogP contribution >= 0.6 is 11.6 Å². The minimum absolute atomic E-state index is 0.147. The molecule has 2 N–H and O–H groups in total. The van der Waals surface area contributed by atoms with E-state index in [2.05, 4.69) is 10.3 Å². The topological polar surface area (TPSA) is 97.8 Å². The Morgan fingerprint density at radius 2 is 2.23 bits per heavy atom. The van der Waals surface area contributed by atoms with Crippen molar-refractivity contribution in [2.45, 2.75) is 19.4 Å². The molecule has 8 heteroatoms. The van der Waals surface area contributed by atoms with Crippen molar-refractivity contribution in [2.75, 3.05) is 13.2 Å². The molecule has 0 bridgehead atoms. The lowest BCUT2D eigenvalue weighted by Crippen LogP contribution is -2.33. The molecule has 26 heavy (non-hydrogen) atoms. The highest BCUT2D eigenvalue weighted by atomic mass is 35.5. The summed E-state index contributed by atoms with van der Waals surface area (Å²) in [6, 6.07) is 5.29. The number of aromatic nitrogens is 1. The normalized spacial score (nSPS) is 13.5. The van der Waals surface area contributed by atoms with Crippen LogP contribution in [0.3, 0.4) is 0 Å². The van der Waals surface area contributed by atoms with Crippen molar-refractivity contribution < 1.29 is 24.2 Å². The fourth-order valence-electron chi connectivity index (χ4n) is 2.68. The Balaban J connectivity index is 1.81. The van der Waals surface area contributed by atoms with Gasteiger partial charge in [-0.1, -0.05) is 17.7 Å². The SMILES string of the molecule is CCOc1ncc(C(=O)NC(C(=O)O)c2ccc3c(c2)CCO3)cc1Cl. The van der Waals surface area contributed by atoms with E-state index in [-0.39, 0.29) is 16.5 Å². The van der Waals surface area contributed by atoms with Gasteiger partial charge in [-0.3, -0.25) is 4.79 Å². The summed E-state index contributed by atoms with van der Waals surface area (Å²) in [6.45, 7) is 2.75. The number of benzene rings is 1. The molecule has 0 saturated heterocycles. The first-order valence-electron chi connectivity index (χ1n) is 8.07. The van der Waals surface area contributed by atoms with Crippen LogP contribution in [0, 0.1) is 0 Å². The summed E-state index contributed by atoms with van der Waals surface area (Å²) >= 11 is 6.03. The van der Waals surface area contributed by atoms with Crippen molar-refractivity contribution in [3.63, 3.8) is 0 Å². The van der Waals surface area contributed by atoms with Gasteiger partial charge in [-0.15, -0.1) is 0 Å². The lowest BCUT2D eigenvalue weighted by molar-refractivity contribution is -0.139. The zero-order valence-electron chi connectivity index (χ0n) is 14.0. The molecule has 1 aromatic carbocycles. The Kier molecular flexibility index (Phi) is 5.27. The van der Waals surface area contributed by atoms with Crippen molar-refractivity contribution in [2.24, 2.45) is 0 Å². The Labute approximate surface area is 154 Å². The first kappa shape index (κ1) is 18.0. The number of nitrogens with zero attached hydrogens (tertiary/aromatic N) is 1. The maximum absolute atomic E-state index is 12.4. The largest absolute Gasteiger partial charge is 0.493 e. The number of hydrogen-bond donors (Lipinski definition) is 2. The summed E-state index contributed by atoms with van der Waals surface area (Å²) in [6.07, 6.45) is 2.00. The number of carboxylic acids is 1. The predicted molar refractivity (Wildman–Crippen MR) is 93.9 cm³/mol. The van der Waals surface area contributed by atoms with Gasteiger partial charge in [-0.25, -0.2) is 9.78 Å². The molecule has 3 rings (SSSR count). The number of carbonyl (C=O) groups is 2. The zero-order chi connectivity index (χ0) is 18.7. The van der Waals surface area contributed by atoms with E-state index in [0.717, 1.165) is 11.3 Å². The molecule has 0 saturated carbocycles. The van der Waals surface area contributed by atoms with Gasteiger partial charge >= 0.3 is 5.97 Å². The average molecular weight is 377 g/mol. The number of carboxylic acid groups (broad SMARTS) is 1. The molecule has 1 aromatic heterocycles. The second-order valence-electron chi connectivity index (χ2n) is 5.65. The number of pyridine rings is 1. The Bertz CT molecular complexity index is 855. The number of carbonyl (C=O) groups excluding carboxylic acids is 1. The summed E-state index contributed by atoms with van der Waals surface area (Å²) in [5.41, 5.74) is 1.54. The van der Waals surface area contributed by atoms with Crippen molar-refractivity contribution in [1.82, 2.24) is 10.3 Å². The number of rotatable bonds is 6. The van der Waals surface area contributed by atoms with Gasteiger partial charge in [-0.2, -0.15) is 0 Å². The fraction of sp³-hybridized carbons (Fsp3) is 0.278. The third-order valence-electron chi connectivity index (χ3n) is 3.92. The van der Waals surface area contributed by atoms with Gasteiger partial charge in [0.2, 0.25) is 5.88 Å². The quantitative estimate of drug-likeness (QED) is 0.804. The molecule has 1 aliphatic rings. The van der Waals surface area contributed by atoms with Gasteiger partial charge in [0.05, 0.1) is 18.8 Å². The third-order valence-corrected chi connectivity index (χ3v) is 4.19. The van der Waals surface area contributed by atoms with E-state index in [1.807, 2.05) is 0 Å². The molecule has 2 aromatic rings. The smallest absolute Gasteiger partial charge is 0.330 e. The second-order valence-corrected chi connectivity index (χ2v) is 6.06. The molecule has 0 spiro atoms. The predicted octanol–water partition coefficient (Wildman–Crippen LogP) is 2.62. The Morgan fingerprint density at radius 3 is 2.92 bits per heavy atom. The highest BCUT2D eigenvalue weighted by Gasteiger charge is 2.25. The van der Waals surface area contributed by atoms with Crippen LogP contribution in [-0.4, -0.2) is 35.2 Å². The van der Waals surface area contributed by atoms with Crippen LogP contribution < -0.4 is 14.8 Å². The third kappa shape index (κ3) is 3.72. The van der Waals surface area contributed by atoms with Crippen molar-refractivity contribution in [3.05, 3.63) is 52.2 Å². The maximum atomic E-state index is 12.4. The van der Waals surface area contributed by atoms with Gasteiger partial charge in [0.15, 0.2) is 6.04 Å². The van der Waals surface area contributed by atoms with Crippen molar-refractivity contribution in [3.8, 4) is 11.6 Å². The van der Waals surface area contributed by atoms with E-state index in [9.17, 15) is 14.7 Å². The molecular weight excluding hydrogens is 360 g/mol. The summed E-state index contributed by atoms with van der Waals surface area (Å²) in [4.78, 5) is 28.1. The minimum Gasteiger partial charge on any atom is -0.493 e. The molecule has 0 fully saturated rings. The van der Waals surface area contributed by atoms with Crippen LogP contribution in [0.25, 0.3) is 0 Å². The number of hydrogen-bond acceptors (Lipinski definition) is 5. The molecule has 7 nitrogen and oxygen atoms in total. The molecule has 1 amide bonds. The van der Waals surface area contributed by atoms with Gasteiger partial charge < -0.3 is 19.9 Å². The van der Waals surface area contributed by atoms with E-state index < -0.39 is 17.9 Å². The van der Waals surface area contributed by atoms with Crippen LogP contribution in [0.2, 0.25) is 5.02 Å². The Morgan fingerprint density at radius 1 is 1.42 bits per heavy atom. The summed E-state index contributed by atoms with van der Waals surface area (Å²) in [7, 11) is 0. The van der Waals surface area contributed by atoms with E-state index in [1.165, 1.54) is 12.3 Å². The minimum atomic E-state index is -1.20. The lowest BCUT2D eigenvalue weighted by atomic mass is 10.0. The fourth-order valence-corrected chi connectivity index (χ4v) is 2.90.